The maximum absolute atomic E-state index is 12.4. The second-order valence-electron chi connectivity index (χ2n) is 8.41. The summed E-state index contributed by atoms with van der Waals surface area (Å²) in [5.74, 6) is 0. The van der Waals surface area contributed by atoms with Crippen LogP contribution in [0.5, 0.6) is 0 Å². The number of hydrogen-bond donors (Lipinski definition) is 2. The van der Waals surface area contributed by atoms with Crippen LogP contribution in [0.25, 0.3) is 0 Å². The zero-order valence-electron chi connectivity index (χ0n) is 15.5. The van der Waals surface area contributed by atoms with E-state index in [1.165, 1.54) is 0 Å². The molecule has 6 heteroatoms. The third-order valence-corrected chi connectivity index (χ3v) is 4.93. The van der Waals surface area contributed by atoms with Crippen LogP contribution < -0.4 is 5.43 Å². The topological polar surface area (TPSA) is 52.6 Å². The molecule has 2 N–H and O–H groups in total. The summed E-state index contributed by atoms with van der Waals surface area (Å²) in [7, 11) is 2.79. The highest BCUT2D eigenvalue weighted by molar-refractivity contribution is 7.83. The van der Waals surface area contributed by atoms with E-state index in [4.69, 9.17) is 0 Å². The Balaban J connectivity index is 4.29. The average molecular weight is 335 g/mol. The van der Waals surface area contributed by atoms with Crippen LogP contribution in [-0.4, -0.2) is 57.0 Å². The van der Waals surface area contributed by atoms with Crippen LogP contribution in [0.3, 0.4) is 0 Å². The Labute approximate surface area is 139 Å². The summed E-state index contributed by atoms with van der Waals surface area (Å²) >= 11 is 0. The fraction of sp³-hybridized carbons (Fsp3) is 0.875. The number of quaternary nitrogens is 1. The minimum Gasteiger partial charge on any atom is -0.325 e. The van der Waals surface area contributed by atoms with Gasteiger partial charge in [0.2, 0.25) is 0 Å². The van der Waals surface area contributed by atoms with Crippen molar-refractivity contribution >= 4 is 11.0 Å². The van der Waals surface area contributed by atoms with E-state index in [1.54, 1.807) is 0 Å². The molecule has 0 aliphatic heterocycles. The van der Waals surface area contributed by atoms with Crippen molar-refractivity contribution in [3.63, 3.8) is 0 Å². The number of nitrogens with one attached hydrogen (secondary N) is 1. The molecule has 0 radical (unpaired) electrons. The monoisotopic (exact) mass is 334 g/mol. The molecule has 0 rings (SSSR count). The second-order valence-corrected chi connectivity index (χ2v) is 10.4. The molecule has 0 aromatic rings. The summed E-state index contributed by atoms with van der Waals surface area (Å²) in [5.41, 5.74) is 2.90. The van der Waals surface area contributed by atoms with Gasteiger partial charge >= 0.3 is 0 Å². The Morgan fingerprint density at radius 3 is 2.27 bits per heavy atom. The van der Waals surface area contributed by atoms with E-state index in [0.717, 1.165) is 35.0 Å². The summed E-state index contributed by atoms with van der Waals surface area (Å²) in [6.07, 6.45) is 3.55. The number of rotatable bonds is 10. The molecule has 0 fully saturated rings. The van der Waals surface area contributed by atoms with Crippen LogP contribution in [-0.2, 0) is 11.0 Å². The predicted octanol–water partition coefficient (Wildman–Crippen LogP) is 2.71. The van der Waals surface area contributed by atoms with E-state index in [9.17, 15) is 9.42 Å². The first-order chi connectivity index (χ1) is 9.81. The van der Waals surface area contributed by atoms with Gasteiger partial charge in [0.15, 0.2) is 0 Å². The Bertz CT molecular complexity index is 376. The van der Waals surface area contributed by atoms with Gasteiger partial charge in [-0.25, -0.2) is 9.63 Å². The lowest BCUT2D eigenvalue weighted by molar-refractivity contribution is -0.884. The summed E-state index contributed by atoms with van der Waals surface area (Å²) in [5, 5.41) is 9.98. The van der Waals surface area contributed by atoms with Crippen LogP contribution in [0.15, 0.2) is 12.7 Å². The molecule has 0 heterocycles. The van der Waals surface area contributed by atoms with Gasteiger partial charge in [0.25, 0.3) is 0 Å². The molecule has 0 aromatic heterocycles. The summed E-state index contributed by atoms with van der Waals surface area (Å²) in [6, 6.07) is 0. The first kappa shape index (κ1) is 21.7. The van der Waals surface area contributed by atoms with Crippen molar-refractivity contribution in [3.05, 3.63) is 12.7 Å². The fourth-order valence-electron chi connectivity index (χ4n) is 2.75. The minimum absolute atomic E-state index is 0.0617. The third-order valence-electron chi connectivity index (χ3n) is 3.40. The van der Waals surface area contributed by atoms with E-state index >= 15 is 0 Å². The van der Waals surface area contributed by atoms with Gasteiger partial charge in [0, 0.05) is 13.0 Å². The average Bonchev–Trinajstić information content (AvgIpc) is 2.30. The third kappa shape index (κ3) is 9.00. The van der Waals surface area contributed by atoms with Crippen LogP contribution in [0, 0.1) is 5.41 Å². The smallest absolute Gasteiger partial charge is 0.139 e. The van der Waals surface area contributed by atoms with E-state index in [2.05, 4.69) is 46.9 Å². The van der Waals surface area contributed by atoms with Crippen molar-refractivity contribution in [2.24, 2.45) is 5.41 Å². The molecular weight excluding hydrogens is 298 g/mol. The molecule has 0 aromatic carbocycles. The van der Waals surface area contributed by atoms with Gasteiger partial charge in [-0.3, -0.25) is 5.21 Å². The Kier molecular flexibility index (Phi) is 8.44. The van der Waals surface area contributed by atoms with Gasteiger partial charge in [0.1, 0.15) is 11.0 Å². The first-order valence-electron chi connectivity index (χ1n) is 7.88. The van der Waals surface area contributed by atoms with Gasteiger partial charge < -0.3 is 4.48 Å². The van der Waals surface area contributed by atoms with E-state index in [0.29, 0.717) is 6.54 Å². The molecule has 0 aliphatic rings. The molecule has 0 saturated carbocycles. The normalized spacial score (nSPS) is 15.1. The van der Waals surface area contributed by atoms with Crippen molar-refractivity contribution in [2.75, 3.05) is 33.7 Å². The second kappa shape index (κ2) is 8.55. The molecule has 22 heavy (non-hydrogen) atoms. The van der Waals surface area contributed by atoms with E-state index < -0.39 is 15.7 Å². The number of hydrogen-bond acceptors (Lipinski definition) is 3. The highest BCUT2D eigenvalue weighted by Gasteiger charge is 2.34. The quantitative estimate of drug-likeness (QED) is 0.279. The molecule has 132 valence electrons. The minimum atomic E-state index is -1.49. The van der Waals surface area contributed by atoms with E-state index in [-0.39, 0.29) is 5.41 Å². The maximum atomic E-state index is 12.4. The zero-order valence-corrected chi connectivity index (χ0v) is 16.3. The number of nitrogens with zero attached hydrogens (tertiary/aromatic N) is 2. The Hall–Kier alpha value is -0.270. The molecule has 0 spiro atoms. The van der Waals surface area contributed by atoms with E-state index in [1.807, 2.05) is 19.9 Å². The van der Waals surface area contributed by atoms with Crippen molar-refractivity contribution < 1.29 is 13.9 Å². The summed E-state index contributed by atoms with van der Waals surface area (Å²) in [6.45, 7) is 16.4. The molecule has 0 saturated heterocycles. The molecular formula is C16H36N3O2S+. The Morgan fingerprint density at radius 2 is 1.82 bits per heavy atom. The lowest BCUT2D eigenvalue weighted by Crippen LogP contribution is -2.47. The Morgan fingerprint density at radius 1 is 1.27 bits per heavy atom. The molecule has 0 bridgehead atoms. The maximum Gasteiger partial charge on any atom is 0.139 e. The summed E-state index contributed by atoms with van der Waals surface area (Å²) < 4.78 is 13.6. The van der Waals surface area contributed by atoms with Gasteiger partial charge in [-0.15, -0.1) is 0 Å². The van der Waals surface area contributed by atoms with Gasteiger partial charge in [-0.2, -0.15) is 0 Å². The lowest BCUT2D eigenvalue weighted by Gasteiger charge is -2.33. The number of hydrazine groups is 1. The van der Waals surface area contributed by atoms with Crippen molar-refractivity contribution in [1.29, 1.82) is 0 Å². The van der Waals surface area contributed by atoms with Crippen LogP contribution in [0.1, 0.15) is 47.5 Å². The van der Waals surface area contributed by atoms with Crippen molar-refractivity contribution in [1.82, 2.24) is 10.0 Å². The lowest BCUT2D eigenvalue weighted by atomic mass is 9.86. The molecule has 5 nitrogen and oxygen atoms in total. The zero-order chi connectivity index (χ0) is 17.6. The SMILES string of the molecule is C=CC[N+](C)(C)CCCNN(O)S(=O)C(C)(C)CC(C)(C)C. The van der Waals surface area contributed by atoms with Gasteiger partial charge in [-0.1, -0.05) is 27.4 Å². The highest BCUT2D eigenvalue weighted by atomic mass is 32.2. The molecule has 1 unspecified atom stereocenters. The van der Waals surface area contributed by atoms with Crippen LogP contribution in [0.2, 0.25) is 0 Å². The van der Waals surface area contributed by atoms with Gasteiger partial charge in [-0.05, 0) is 36.3 Å². The largest absolute Gasteiger partial charge is 0.325 e. The predicted molar refractivity (Wildman–Crippen MR) is 94.6 cm³/mol. The standard InChI is InChI=1S/C16H36N3O2S/c1-9-12-19(7,8)13-10-11-17-18(20)22(21)16(5,6)14-15(2,3)4/h9,17,20H,1,10-14H2,2-8H3/q+1. The molecule has 1 atom stereocenters. The van der Waals surface area contributed by atoms with Crippen LogP contribution in [0.4, 0.5) is 0 Å². The van der Waals surface area contributed by atoms with Crippen molar-refractivity contribution in [3.8, 4) is 0 Å². The van der Waals surface area contributed by atoms with Crippen LogP contribution >= 0.6 is 0 Å². The molecule has 0 amide bonds. The molecule has 0 aliphatic carbocycles. The van der Waals surface area contributed by atoms with Gasteiger partial charge in [0.05, 0.1) is 31.9 Å². The summed E-state index contributed by atoms with van der Waals surface area (Å²) in [4.78, 5) is 0. The first-order valence-corrected chi connectivity index (χ1v) is 8.99. The van der Waals surface area contributed by atoms with Crippen molar-refractivity contribution in [2.45, 2.75) is 52.2 Å². The fourth-order valence-corrected chi connectivity index (χ4v) is 3.99. The highest BCUT2D eigenvalue weighted by Crippen LogP contribution is 2.31. The number of likely N-dealkylation sites (N-methyl/N-ethyl adjacent to an activating group) is 1.